The third kappa shape index (κ3) is 5.55. The minimum atomic E-state index is -1.04. The van der Waals surface area contributed by atoms with Gasteiger partial charge in [-0.1, -0.05) is 0 Å². The van der Waals surface area contributed by atoms with E-state index in [2.05, 4.69) is 10.3 Å². The van der Waals surface area contributed by atoms with Crippen LogP contribution in [0, 0.1) is 0 Å². The summed E-state index contributed by atoms with van der Waals surface area (Å²) in [5, 5.41) is 12.1. The van der Waals surface area contributed by atoms with Crippen LogP contribution < -0.4 is 5.32 Å². The molecular weight excluding hydrogens is 264 g/mol. The van der Waals surface area contributed by atoms with Gasteiger partial charge in [0.2, 0.25) is 0 Å². The van der Waals surface area contributed by atoms with E-state index in [1.807, 2.05) is 0 Å². The van der Waals surface area contributed by atoms with Crippen molar-refractivity contribution in [3.8, 4) is 0 Å². The van der Waals surface area contributed by atoms with Crippen LogP contribution in [0.4, 0.5) is 14.7 Å². The number of amides is 1. The van der Waals surface area contributed by atoms with Gasteiger partial charge >= 0.3 is 11.4 Å². The fourth-order valence-electron chi connectivity index (χ4n) is 0.844. The van der Waals surface area contributed by atoms with E-state index in [4.69, 9.17) is 9.84 Å². The molecule has 0 spiro atoms. The van der Waals surface area contributed by atoms with Crippen LogP contribution in [0.3, 0.4) is 0 Å². The Kier molecular flexibility index (Phi) is 4.35. The van der Waals surface area contributed by atoms with Crippen LogP contribution in [0.2, 0.25) is 0 Å². The maximum atomic E-state index is 11.4. The number of carbonyl (C=O) groups excluding carboxylic acids is 1. The van der Waals surface area contributed by atoms with Gasteiger partial charge in [-0.15, -0.1) is 11.3 Å². The third-order valence-corrected chi connectivity index (χ3v) is 2.78. The number of anilines is 1. The largest absolute Gasteiger partial charge is 0.473 e. The predicted molar refractivity (Wildman–Crippen MR) is 65.9 cm³/mol. The van der Waals surface area contributed by atoms with Crippen LogP contribution >= 0.6 is 23.1 Å². The van der Waals surface area contributed by atoms with Crippen molar-refractivity contribution in [1.82, 2.24) is 4.98 Å². The number of thioether (sulfide) groups is 1. The summed E-state index contributed by atoms with van der Waals surface area (Å²) in [7, 11) is 0. The van der Waals surface area contributed by atoms with E-state index < -0.39 is 17.0 Å². The van der Waals surface area contributed by atoms with Gasteiger partial charge in [0.1, 0.15) is 10.6 Å². The zero-order valence-corrected chi connectivity index (χ0v) is 11.1. The first-order valence-electron chi connectivity index (χ1n) is 4.62. The first kappa shape index (κ1) is 13.8. The molecule has 8 heteroatoms. The molecule has 94 valence electrons. The van der Waals surface area contributed by atoms with Gasteiger partial charge in [-0.3, -0.25) is 5.32 Å². The van der Waals surface area contributed by atoms with E-state index in [0.29, 0.717) is 21.9 Å². The highest BCUT2D eigenvalue weighted by molar-refractivity contribution is 8.13. The van der Waals surface area contributed by atoms with Crippen molar-refractivity contribution in [3.63, 3.8) is 0 Å². The molecule has 17 heavy (non-hydrogen) atoms. The molecule has 0 saturated heterocycles. The van der Waals surface area contributed by atoms with Crippen LogP contribution in [0.5, 0.6) is 0 Å². The molecule has 1 heterocycles. The van der Waals surface area contributed by atoms with Crippen molar-refractivity contribution >= 4 is 39.6 Å². The topological polar surface area (TPSA) is 88.5 Å². The van der Waals surface area contributed by atoms with Crippen LogP contribution in [0.1, 0.15) is 20.8 Å². The number of aromatic nitrogens is 1. The number of hydrogen-bond donors (Lipinski definition) is 2. The average molecular weight is 276 g/mol. The van der Waals surface area contributed by atoms with Crippen LogP contribution in [0.25, 0.3) is 0 Å². The van der Waals surface area contributed by atoms with Gasteiger partial charge in [-0.2, -0.15) is 0 Å². The summed E-state index contributed by atoms with van der Waals surface area (Å²) in [4.78, 5) is 25.7. The minimum absolute atomic E-state index is 0.308. The fourth-order valence-corrected chi connectivity index (χ4v) is 2.11. The Bertz CT molecular complexity index is 425. The average Bonchev–Trinajstić information content (AvgIpc) is 2.46. The van der Waals surface area contributed by atoms with Gasteiger partial charge in [0.15, 0.2) is 5.13 Å². The van der Waals surface area contributed by atoms with E-state index in [1.165, 1.54) is 0 Å². The van der Waals surface area contributed by atoms with Crippen molar-refractivity contribution in [3.05, 3.63) is 5.38 Å². The number of ether oxygens (including phenoxy) is 1. The Morgan fingerprint density at radius 1 is 1.53 bits per heavy atom. The molecule has 0 aliphatic heterocycles. The number of carbonyl (C=O) groups is 2. The quantitative estimate of drug-likeness (QED) is 0.806. The van der Waals surface area contributed by atoms with E-state index >= 15 is 0 Å². The van der Waals surface area contributed by atoms with Crippen molar-refractivity contribution in [2.24, 2.45) is 0 Å². The molecule has 0 aromatic carbocycles. The summed E-state index contributed by atoms with van der Waals surface area (Å²) in [5.74, 6) is 0. The summed E-state index contributed by atoms with van der Waals surface area (Å²) in [5.41, 5.74) is -0.583. The Labute approximate surface area is 106 Å². The van der Waals surface area contributed by atoms with E-state index in [-0.39, 0.29) is 0 Å². The molecule has 0 saturated carbocycles. The van der Waals surface area contributed by atoms with Gasteiger partial charge < -0.3 is 9.84 Å². The summed E-state index contributed by atoms with van der Waals surface area (Å²) in [6.45, 7) is 5.25. The second-order valence-corrected chi connectivity index (χ2v) is 5.82. The lowest BCUT2D eigenvalue weighted by molar-refractivity contribution is 0.0636. The first-order valence-corrected chi connectivity index (χ1v) is 6.32. The Hall–Kier alpha value is -1.28. The number of hydrogen-bond acceptors (Lipinski definition) is 6. The van der Waals surface area contributed by atoms with Gasteiger partial charge in [0.05, 0.1) is 0 Å². The molecule has 1 aromatic heterocycles. The molecule has 0 atom stereocenters. The van der Waals surface area contributed by atoms with Gasteiger partial charge in [0.25, 0.3) is 0 Å². The predicted octanol–water partition coefficient (Wildman–Crippen LogP) is 3.26. The first-order chi connectivity index (χ1) is 7.76. The molecule has 0 unspecified atom stereocenters. The molecule has 0 fully saturated rings. The van der Waals surface area contributed by atoms with Crippen LogP contribution in [-0.2, 0) is 4.74 Å². The second kappa shape index (κ2) is 5.37. The van der Waals surface area contributed by atoms with Gasteiger partial charge in [-0.05, 0) is 20.8 Å². The Morgan fingerprint density at radius 2 is 2.18 bits per heavy atom. The fraction of sp³-hybridized carbons (Fsp3) is 0.444. The number of nitrogens with one attached hydrogen (secondary N) is 1. The zero-order valence-electron chi connectivity index (χ0n) is 9.51. The standard InChI is InChI=1S/C9H12N2O4S2/c1-9(2,3)15-7(12)11-6-10-5(4-16-6)17-8(13)14/h4H,1-3H3,(H,13,14)(H,10,11,12). The van der Waals surface area contributed by atoms with Crippen LogP contribution in [0.15, 0.2) is 10.4 Å². The van der Waals surface area contributed by atoms with Crippen molar-refractivity contribution in [1.29, 1.82) is 0 Å². The molecule has 0 radical (unpaired) electrons. The lowest BCUT2D eigenvalue weighted by atomic mass is 10.2. The second-order valence-electron chi connectivity index (χ2n) is 3.99. The maximum Gasteiger partial charge on any atom is 0.413 e. The molecular formula is C9H12N2O4S2. The van der Waals surface area contributed by atoms with Crippen molar-refractivity contribution < 1.29 is 19.4 Å². The number of carboxylic acid groups (broad SMARTS) is 1. The summed E-state index contributed by atoms with van der Waals surface area (Å²) in [6, 6.07) is 0. The summed E-state index contributed by atoms with van der Waals surface area (Å²) in [6.07, 6.45) is -0.612. The molecule has 0 bridgehead atoms. The molecule has 6 nitrogen and oxygen atoms in total. The summed E-state index contributed by atoms with van der Waals surface area (Å²) >= 11 is 1.72. The lowest BCUT2D eigenvalue weighted by Crippen LogP contribution is -2.27. The van der Waals surface area contributed by atoms with Gasteiger partial charge in [-0.25, -0.2) is 14.6 Å². The minimum Gasteiger partial charge on any atom is -0.473 e. The zero-order chi connectivity index (χ0) is 13.1. The smallest absolute Gasteiger partial charge is 0.413 e. The molecule has 1 rings (SSSR count). The number of rotatable bonds is 2. The Morgan fingerprint density at radius 3 is 2.71 bits per heavy atom. The molecule has 0 aliphatic carbocycles. The van der Waals surface area contributed by atoms with Crippen LogP contribution in [-0.4, -0.2) is 27.1 Å². The highest BCUT2D eigenvalue weighted by Crippen LogP contribution is 2.24. The van der Waals surface area contributed by atoms with E-state index in [1.54, 1.807) is 26.2 Å². The monoisotopic (exact) mass is 276 g/mol. The van der Waals surface area contributed by atoms with Crippen molar-refractivity contribution in [2.45, 2.75) is 31.4 Å². The number of nitrogens with zero attached hydrogens (tertiary/aromatic N) is 1. The highest BCUT2D eigenvalue weighted by Gasteiger charge is 2.17. The van der Waals surface area contributed by atoms with Crippen molar-refractivity contribution in [2.75, 3.05) is 5.32 Å². The third-order valence-electron chi connectivity index (χ3n) is 1.28. The van der Waals surface area contributed by atoms with E-state index in [9.17, 15) is 9.59 Å². The molecule has 2 N–H and O–H groups in total. The maximum absolute atomic E-state index is 11.4. The Balaban J connectivity index is 2.55. The highest BCUT2D eigenvalue weighted by atomic mass is 32.2. The SMILES string of the molecule is CC(C)(C)OC(=O)Nc1nc(SC(=O)O)cs1. The molecule has 1 aromatic rings. The lowest BCUT2D eigenvalue weighted by Gasteiger charge is -2.18. The molecule has 0 aliphatic rings. The van der Waals surface area contributed by atoms with E-state index in [0.717, 1.165) is 11.3 Å². The normalized spacial score (nSPS) is 11.0. The van der Waals surface area contributed by atoms with Gasteiger partial charge in [0, 0.05) is 17.1 Å². The summed E-state index contributed by atoms with van der Waals surface area (Å²) < 4.78 is 5.03. The molecule has 1 amide bonds. The number of thiazole rings is 1.